The molecule has 2 N–H and O–H groups in total. The third-order valence-electron chi connectivity index (χ3n) is 4.31. The molecule has 9 heteroatoms. The fraction of sp³-hybridized carbons (Fsp3) is 0.375. The molecule has 2 heterocycles. The summed E-state index contributed by atoms with van der Waals surface area (Å²) in [5, 5.41) is 3.49. The van der Waals surface area contributed by atoms with Crippen molar-refractivity contribution in [2.75, 3.05) is 23.8 Å². The molecule has 0 spiro atoms. The summed E-state index contributed by atoms with van der Waals surface area (Å²) >= 11 is 5.92. The predicted molar refractivity (Wildman–Crippen MR) is 99.1 cm³/mol. The maximum absolute atomic E-state index is 12.2. The van der Waals surface area contributed by atoms with Crippen LogP contribution < -0.4 is 14.9 Å². The summed E-state index contributed by atoms with van der Waals surface area (Å²) in [6, 6.07) is 7.04. The van der Waals surface area contributed by atoms with Gasteiger partial charge in [-0.25, -0.2) is 23.1 Å². The van der Waals surface area contributed by atoms with Crippen LogP contribution >= 0.6 is 11.6 Å². The number of nitrogens with one attached hydrogen (secondary N) is 2. The molecule has 1 aromatic carbocycles. The molecule has 3 rings (SSSR count). The molecule has 1 aromatic heterocycles. The molecular weight excluding hydrogens is 362 g/mol. The van der Waals surface area contributed by atoms with E-state index in [1.165, 1.54) is 13.4 Å². The monoisotopic (exact) mass is 381 g/mol. The molecule has 0 aliphatic carbocycles. The van der Waals surface area contributed by atoms with Gasteiger partial charge in [-0.1, -0.05) is 11.6 Å². The summed E-state index contributed by atoms with van der Waals surface area (Å²) in [5.41, 5.74) is 1.61. The molecule has 25 heavy (non-hydrogen) atoms. The average Bonchev–Trinajstić information content (AvgIpc) is 3.00. The van der Waals surface area contributed by atoms with Crippen LogP contribution in [-0.4, -0.2) is 38.0 Å². The van der Waals surface area contributed by atoms with Crippen molar-refractivity contribution in [2.45, 2.75) is 30.7 Å². The minimum atomic E-state index is -3.54. The number of anilines is 3. The van der Waals surface area contributed by atoms with E-state index >= 15 is 0 Å². The van der Waals surface area contributed by atoms with E-state index in [-0.39, 0.29) is 4.90 Å². The van der Waals surface area contributed by atoms with Gasteiger partial charge in [0.05, 0.1) is 16.3 Å². The van der Waals surface area contributed by atoms with Crippen molar-refractivity contribution in [2.24, 2.45) is 0 Å². The first-order valence-corrected chi connectivity index (χ1v) is 9.85. The smallest absolute Gasteiger partial charge is 0.240 e. The van der Waals surface area contributed by atoms with Gasteiger partial charge >= 0.3 is 0 Å². The topological polar surface area (TPSA) is 87.2 Å². The molecule has 1 fully saturated rings. The lowest BCUT2D eigenvalue weighted by Gasteiger charge is -2.27. The maximum Gasteiger partial charge on any atom is 0.240 e. The van der Waals surface area contributed by atoms with Gasteiger partial charge in [-0.2, -0.15) is 0 Å². The number of hydrogen-bond donors (Lipinski definition) is 2. The van der Waals surface area contributed by atoms with Crippen molar-refractivity contribution in [3.8, 4) is 0 Å². The fourth-order valence-corrected chi connectivity index (χ4v) is 3.88. The SMILES string of the molecule is CNS(=O)(=O)c1ccc(N2CCCC2C)c(Nc2cc(Cl)ncn2)c1. The van der Waals surface area contributed by atoms with Gasteiger partial charge in [-0.3, -0.25) is 0 Å². The molecular formula is C16H20ClN5O2S. The standard InChI is InChI=1S/C16H20ClN5O2S/c1-11-4-3-7-22(11)14-6-5-12(25(23,24)18-2)8-13(14)21-16-9-15(17)19-10-20-16/h5-6,8-11,18H,3-4,7H2,1-2H3,(H,19,20,21). The van der Waals surface area contributed by atoms with E-state index in [0.29, 0.717) is 22.7 Å². The second kappa shape index (κ2) is 7.15. The Morgan fingerprint density at radius 3 is 2.72 bits per heavy atom. The number of halogens is 1. The molecule has 1 atom stereocenters. The van der Waals surface area contributed by atoms with Crippen LogP contribution in [0.1, 0.15) is 19.8 Å². The number of aromatic nitrogens is 2. The van der Waals surface area contributed by atoms with Crippen LogP contribution in [0.15, 0.2) is 35.5 Å². The third kappa shape index (κ3) is 3.86. The van der Waals surface area contributed by atoms with Gasteiger partial charge < -0.3 is 10.2 Å². The van der Waals surface area contributed by atoms with E-state index in [1.807, 2.05) is 6.07 Å². The molecule has 0 radical (unpaired) electrons. The minimum absolute atomic E-state index is 0.188. The van der Waals surface area contributed by atoms with Crippen molar-refractivity contribution in [1.29, 1.82) is 0 Å². The molecule has 1 saturated heterocycles. The highest BCUT2D eigenvalue weighted by atomic mass is 35.5. The lowest BCUT2D eigenvalue weighted by molar-refractivity contribution is 0.588. The molecule has 1 unspecified atom stereocenters. The predicted octanol–water partition coefficient (Wildman–Crippen LogP) is 2.77. The fourth-order valence-electron chi connectivity index (χ4n) is 2.98. The van der Waals surface area contributed by atoms with Crippen molar-refractivity contribution >= 4 is 38.8 Å². The Morgan fingerprint density at radius 2 is 2.08 bits per heavy atom. The Balaban J connectivity index is 2.05. The van der Waals surface area contributed by atoms with Crippen LogP contribution in [-0.2, 0) is 10.0 Å². The normalized spacial score (nSPS) is 17.7. The van der Waals surface area contributed by atoms with E-state index in [9.17, 15) is 8.42 Å². The van der Waals surface area contributed by atoms with Crippen LogP contribution in [0.3, 0.4) is 0 Å². The van der Waals surface area contributed by atoms with E-state index in [2.05, 4.69) is 31.8 Å². The van der Waals surface area contributed by atoms with Crippen LogP contribution in [0.25, 0.3) is 0 Å². The zero-order chi connectivity index (χ0) is 18.0. The summed E-state index contributed by atoms with van der Waals surface area (Å²) in [5.74, 6) is 0.507. The third-order valence-corrected chi connectivity index (χ3v) is 5.92. The highest BCUT2D eigenvalue weighted by Crippen LogP contribution is 2.35. The molecule has 1 aliphatic heterocycles. The summed E-state index contributed by atoms with van der Waals surface area (Å²) in [6.45, 7) is 3.09. The van der Waals surface area contributed by atoms with Crippen molar-refractivity contribution < 1.29 is 8.42 Å². The average molecular weight is 382 g/mol. The molecule has 0 bridgehead atoms. The lowest BCUT2D eigenvalue weighted by Crippen LogP contribution is -2.27. The number of nitrogens with zero attached hydrogens (tertiary/aromatic N) is 3. The van der Waals surface area contributed by atoms with Crippen molar-refractivity contribution in [1.82, 2.24) is 14.7 Å². The number of benzene rings is 1. The van der Waals surface area contributed by atoms with E-state index in [0.717, 1.165) is 25.1 Å². The molecule has 0 amide bonds. The minimum Gasteiger partial charge on any atom is -0.367 e. The van der Waals surface area contributed by atoms with Gasteiger partial charge in [-0.05, 0) is 45.0 Å². The Labute approximate surface area is 152 Å². The van der Waals surface area contributed by atoms with Gasteiger partial charge in [0.1, 0.15) is 17.3 Å². The Kier molecular flexibility index (Phi) is 5.12. The Hall–Kier alpha value is -1.90. The van der Waals surface area contributed by atoms with Crippen LogP contribution in [0.4, 0.5) is 17.2 Å². The number of hydrogen-bond acceptors (Lipinski definition) is 6. The van der Waals surface area contributed by atoms with E-state index in [1.54, 1.807) is 18.2 Å². The van der Waals surface area contributed by atoms with E-state index in [4.69, 9.17) is 11.6 Å². The van der Waals surface area contributed by atoms with Gasteiger partial charge in [0.2, 0.25) is 10.0 Å². The summed E-state index contributed by atoms with van der Waals surface area (Å²) in [7, 11) is -2.15. The Morgan fingerprint density at radius 1 is 1.28 bits per heavy atom. The second-order valence-electron chi connectivity index (χ2n) is 5.92. The van der Waals surface area contributed by atoms with Crippen LogP contribution in [0, 0.1) is 0 Å². The first kappa shape index (κ1) is 17.9. The van der Waals surface area contributed by atoms with E-state index < -0.39 is 10.0 Å². The number of rotatable bonds is 5. The highest BCUT2D eigenvalue weighted by Gasteiger charge is 2.24. The molecule has 0 saturated carbocycles. The zero-order valence-electron chi connectivity index (χ0n) is 14.0. The Bertz CT molecular complexity index is 875. The zero-order valence-corrected chi connectivity index (χ0v) is 15.6. The summed E-state index contributed by atoms with van der Waals surface area (Å²) in [4.78, 5) is 10.5. The summed E-state index contributed by atoms with van der Waals surface area (Å²) < 4.78 is 26.7. The first-order valence-electron chi connectivity index (χ1n) is 7.99. The number of sulfonamides is 1. The molecule has 7 nitrogen and oxygen atoms in total. The van der Waals surface area contributed by atoms with Gasteiger partial charge in [0.15, 0.2) is 0 Å². The highest BCUT2D eigenvalue weighted by molar-refractivity contribution is 7.89. The van der Waals surface area contributed by atoms with Crippen LogP contribution in [0.2, 0.25) is 5.15 Å². The summed E-state index contributed by atoms with van der Waals surface area (Å²) in [6.07, 6.45) is 3.57. The van der Waals surface area contributed by atoms with Gasteiger partial charge in [0.25, 0.3) is 0 Å². The largest absolute Gasteiger partial charge is 0.367 e. The molecule has 2 aromatic rings. The van der Waals surface area contributed by atoms with Gasteiger partial charge in [-0.15, -0.1) is 0 Å². The quantitative estimate of drug-likeness (QED) is 0.774. The van der Waals surface area contributed by atoms with Gasteiger partial charge in [0, 0.05) is 18.7 Å². The molecule has 1 aliphatic rings. The van der Waals surface area contributed by atoms with Crippen molar-refractivity contribution in [3.05, 3.63) is 35.7 Å². The van der Waals surface area contributed by atoms with Crippen molar-refractivity contribution in [3.63, 3.8) is 0 Å². The molecule has 134 valence electrons. The maximum atomic E-state index is 12.2. The second-order valence-corrected chi connectivity index (χ2v) is 8.20. The van der Waals surface area contributed by atoms with Crippen LogP contribution in [0.5, 0.6) is 0 Å². The first-order chi connectivity index (χ1) is 11.9. The lowest BCUT2D eigenvalue weighted by atomic mass is 10.2.